The van der Waals surface area contributed by atoms with E-state index in [1.54, 1.807) is 0 Å². The highest BCUT2D eigenvalue weighted by molar-refractivity contribution is 5.86. The zero-order valence-electron chi connectivity index (χ0n) is 11.6. The quantitative estimate of drug-likeness (QED) is 0.561. The number of nitrogens with two attached hydrogens (primary N) is 4. The van der Waals surface area contributed by atoms with E-state index in [-0.39, 0.29) is 73.8 Å². The normalized spacial score (nSPS) is 40.2. The highest BCUT2D eigenvalue weighted by Gasteiger charge is 2.34. The molecule has 0 aromatic heterocycles. The number of halogens is 4. The second kappa shape index (κ2) is 11.6. The Balaban J connectivity index is -0.000000722. The topological polar surface area (TPSA) is 104 Å². The molecule has 0 spiro atoms. The fourth-order valence-electron chi connectivity index (χ4n) is 3.38. The first-order valence-corrected chi connectivity index (χ1v) is 6.60. The average Bonchev–Trinajstić information content (AvgIpc) is 2.26. The Kier molecular flexibility index (Phi) is 15.0. The van der Waals surface area contributed by atoms with E-state index in [2.05, 4.69) is 0 Å². The lowest BCUT2D eigenvalue weighted by molar-refractivity contribution is 0.154. The van der Waals surface area contributed by atoms with Crippen LogP contribution in [0.2, 0.25) is 0 Å². The molecule has 2 aliphatic carbocycles. The van der Waals surface area contributed by atoms with Crippen molar-refractivity contribution in [2.24, 2.45) is 34.8 Å². The Bertz CT molecular complexity index is 223. The van der Waals surface area contributed by atoms with Gasteiger partial charge in [0.25, 0.3) is 0 Å². The first-order chi connectivity index (χ1) is 7.58. The highest BCUT2D eigenvalue weighted by Crippen LogP contribution is 2.37. The Morgan fingerprint density at radius 3 is 1.00 bits per heavy atom. The average molecular weight is 372 g/mol. The molecule has 2 fully saturated rings. The van der Waals surface area contributed by atoms with Crippen LogP contribution in [0.4, 0.5) is 0 Å². The van der Waals surface area contributed by atoms with Gasteiger partial charge in [-0.2, -0.15) is 0 Å². The third kappa shape index (κ3) is 6.41. The van der Waals surface area contributed by atoms with Gasteiger partial charge in [0.05, 0.1) is 0 Å². The lowest BCUT2D eigenvalue weighted by atomic mass is 9.69. The molecule has 6 unspecified atom stereocenters. The van der Waals surface area contributed by atoms with Crippen molar-refractivity contribution in [1.29, 1.82) is 0 Å². The predicted octanol–water partition coefficient (Wildman–Crippen LogP) is 1.58. The summed E-state index contributed by atoms with van der Waals surface area (Å²) in [7, 11) is 0. The molecule has 0 saturated heterocycles. The molecule has 126 valence electrons. The molecule has 0 aromatic carbocycles. The maximum absolute atomic E-state index is 6.06. The largest absolute Gasteiger partial charge is 0.326 e. The van der Waals surface area contributed by atoms with Crippen molar-refractivity contribution < 1.29 is 0 Å². The molecule has 0 heterocycles. The lowest BCUT2D eigenvalue weighted by Crippen LogP contribution is -2.50. The van der Waals surface area contributed by atoms with Crippen LogP contribution in [0, 0.1) is 11.8 Å². The van der Waals surface area contributed by atoms with E-state index >= 15 is 0 Å². The summed E-state index contributed by atoms with van der Waals surface area (Å²) in [4.78, 5) is 0. The van der Waals surface area contributed by atoms with Crippen LogP contribution in [0.15, 0.2) is 0 Å². The van der Waals surface area contributed by atoms with E-state index in [4.69, 9.17) is 22.9 Å². The molecule has 0 radical (unpaired) electrons. The van der Waals surface area contributed by atoms with Gasteiger partial charge in [-0.3, -0.25) is 0 Å². The van der Waals surface area contributed by atoms with Gasteiger partial charge in [-0.15, -0.1) is 49.6 Å². The van der Waals surface area contributed by atoms with Gasteiger partial charge in [-0.1, -0.05) is 0 Å². The third-order valence-electron chi connectivity index (χ3n) is 4.66. The molecule has 8 N–H and O–H groups in total. The molecule has 2 saturated carbocycles. The Morgan fingerprint density at radius 2 is 0.750 bits per heavy atom. The molecular formula is C12H30Cl4N4. The smallest absolute Gasteiger partial charge is 0.0195 e. The van der Waals surface area contributed by atoms with Gasteiger partial charge >= 0.3 is 0 Å². The highest BCUT2D eigenvalue weighted by atomic mass is 35.5. The summed E-state index contributed by atoms with van der Waals surface area (Å²) in [6.45, 7) is 0. The maximum Gasteiger partial charge on any atom is 0.0195 e. The van der Waals surface area contributed by atoms with Crippen LogP contribution in [-0.4, -0.2) is 24.2 Å². The zero-order valence-corrected chi connectivity index (χ0v) is 14.9. The molecule has 2 rings (SSSR count). The van der Waals surface area contributed by atoms with E-state index < -0.39 is 0 Å². The van der Waals surface area contributed by atoms with Gasteiger partial charge in [0.1, 0.15) is 0 Å². The van der Waals surface area contributed by atoms with Crippen LogP contribution in [0.25, 0.3) is 0 Å². The molecular weight excluding hydrogens is 342 g/mol. The van der Waals surface area contributed by atoms with Crippen molar-refractivity contribution in [1.82, 2.24) is 0 Å². The van der Waals surface area contributed by atoms with E-state index in [1.807, 2.05) is 0 Å². The summed E-state index contributed by atoms with van der Waals surface area (Å²) in [6, 6.07) is 0.780. The SMILES string of the molecule is Cl.Cl.Cl.Cl.NC1CCC(C2CCC(N)C(N)C2)CC1N. The van der Waals surface area contributed by atoms with E-state index in [0.29, 0.717) is 0 Å². The summed E-state index contributed by atoms with van der Waals surface area (Å²) >= 11 is 0. The minimum atomic E-state index is 0. The van der Waals surface area contributed by atoms with Gasteiger partial charge in [0, 0.05) is 24.2 Å². The summed E-state index contributed by atoms with van der Waals surface area (Å²) in [6.07, 6.45) is 6.75. The summed E-state index contributed by atoms with van der Waals surface area (Å²) in [5, 5.41) is 0. The summed E-state index contributed by atoms with van der Waals surface area (Å²) < 4.78 is 0. The number of hydrogen-bond acceptors (Lipinski definition) is 4. The van der Waals surface area contributed by atoms with Crippen molar-refractivity contribution in [3.63, 3.8) is 0 Å². The summed E-state index contributed by atoms with van der Waals surface area (Å²) in [5.41, 5.74) is 24.0. The van der Waals surface area contributed by atoms with Crippen LogP contribution in [-0.2, 0) is 0 Å². The molecule has 0 aliphatic heterocycles. The minimum absolute atomic E-state index is 0. The summed E-state index contributed by atoms with van der Waals surface area (Å²) in [5.74, 6) is 1.46. The van der Waals surface area contributed by atoms with Crippen molar-refractivity contribution in [3.05, 3.63) is 0 Å². The van der Waals surface area contributed by atoms with Gasteiger partial charge in [0.15, 0.2) is 0 Å². The van der Waals surface area contributed by atoms with Gasteiger partial charge in [0.2, 0.25) is 0 Å². The standard InChI is InChI=1S/C12H26N4.4ClH/c13-9-3-1-7(5-11(9)15)8-2-4-10(14)12(16)6-8;;;;/h7-12H,1-6,13-16H2;4*1H. The molecule has 0 amide bonds. The van der Waals surface area contributed by atoms with Gasteiger partial charge in [-0.05, 0) is 50.4 Å². The monoisotopic (exact) mass is 370 g/mol. The fourth-order valence-corrected chi connectivity index (χ4v) is 3.38. The van der Waals surface area contributed by atoms with E-state index in [9.17, 15) is 0 Å². The van der Waals surface area contributed by atoms with Crippen molar-refractivity contribution >= 4 is 49.6 Å². The maximum atomic E-state index is 6.06. The Hall–Kier alpha value is 1.000. The van der Waals surface area contributed by atoms with Crippen LogP contribution < -0.4 is 22.9 Å². The second-order valence-electron chi connectivity index (χ2n) is 5.80. The first-order valence-electron chi connectivity index (χ1n) is 6.60. The van der Waals surface area contributed by atoms with E-state index in [0.717, 1.165) is 37.5 Å². The fraction of sp³-hybridized carbons (Fsp3) is 1.00. The van der Waals surface area contributed by atoms with Gasteiger partial charge in [-0.25, -0.2) is 0 Å². The van der Waals surface area contributed by atoms with Crippen LogP contribution in [0.5, 0.6) is 0 Å². The Morgan fingerprint density at radius 1 is 0.450 bits per heavy atom. The molecule has 6 atom stereocenters. The molecule has 4 nitrogen and oxygen atoms in total. The minimum Gasteiger partial charge on any atom is -0.326 e. The van der Waals surface area contributed by atoms with Gasteiger partial charge < -0.3 is 22.9 Å². The van der Waals surface area contributed by atoms with Crippen LogP contribution >= 0.6 is 49.6 Å². The van der Waals surface area contributed by atoms with Crippen molar-refractivity contribution in [2.75, 3.05) is 0 Å². The number of hydrogen-bond donors (Lipinski definition) is 4. The van der Waals surface area contributed by atoms with Crippen LogP contribution in [0.3, 0.4) is 0 Å². The molecule has 0 aromatic rings. The molecule has 2 aliphatic rings. The van der Waals surface area contributed by atoms with Crippen LogP contribution in [0.1, 0.15) is 38.5 Å². The molecule has 20 heavy (non-hydrogen) atoms. The number of rotatable bonds is 1. The predicted molar refractivity (Wildman–Crippen MR) is 95.6 cm³/mol. The van der Waals surface area contributed by atoms with Crippen molar-refractivity contribution in [3.8, 4) is 0 Å². The third-order valence-corrected chi connectivity index (χ3v) is 4.66. The Labute approximate surface area is 147 Å². The van der Waals surface area contributed by atoms with Crippen molar-refractivity contribution in [2.45, 2.75) is 62.7 Å². The second-order valence-corrected chi connectivity index (χ2v) is 5.80. The first kappa shape index (κ1) is 25.9. The molecule has 8 heteroatoms. The molecule has 0 bridgehead atoms. The van der Waals surface area contributed by atoms with E-state index in [1.165, 1.54) is 12.8 Å². The lowest BCUT2D eigenvalue weighted by Gasteiger charge is -2.41. The zero-order chi connectivity index (χ0) is 11.7.